The molecule has 154 valence electrons. The summed E-state index contributed by atoms with van der Waals surface area (Å²) in [5.41, 5.74) is 0.565. The number of hydrogen-bond donors (Lipinski definition) is 2. The van der Waals surface area contributed by atoms with Gasteiger partial charge in [-0.15, -0.1) is 5.10 Å². The number of nitrogens with zero attached hydrogens (tertiary/aromatic N) is 5. The number of nitrogens with one attached hydrogen (secondary N) is 1. The number of sulfonamides is 1. The third-order valence-electron chi connectivity index (χ3n) is 5.16. The number of phenolic OH excluding ortho intramolecular Hbond substituents is 1. The number of piperazine rings is 1. The van der Waals surface area contributed by atoms with E-state index in [0.717, 1.165) is 0 Å². The molecule has 0 unspecified atom stereocenters. The Balaban J connectivity index is 1.81. The van der Waals surface area contributed by atoms with Gasteiger partial charge in [0.15, 0.2) is 11.3 Å². The van der Waals surface area contributed by atoms with Crippen LogP contribution in [0.2, 0.25) is 0 Å². The summed E-state index contributed by atoms with van der Waals surface area (Å²) in [5, 5.41) is 14.7. The number of H-pyrrole nitrogens is 1. The lowest BCUT2D eigenvalue weighted by atomic mass is 10.2. The zero-order valence-electron chi connectivity index (χ0n) is 16.4. The molecule has 1 fully saturated rings. The Labute approximate surface area is 167 Å². The Hall–Kier alpha value is -2.76. The molecule has 1 aliphatic heterocycles. The maximum absolute atomic E-state index is 13.0. The molecular weight excluding hydrogens is 396 g/mol. The first-order valence-corrected chi connectivity index (χ1v) is 10.6. The molecule has 11 heteroatoms. The van der Waals surface area contributed by atoms with Crippen molar-refractivity contribution >= 4 is 15.5 Å². The van der Waals surface area contributed by atoms with Gasteiger partial charge in [0.05, 0.1) is 16.2 Å². The van der Waals surface area contributed by atoms with Crippen LogP contribution in [0.1, 0.15) is 11.5 Å². The van der Waals surface area contributed by atoms with Crippen LogP contribution < -0.4 is 5.56 Å². The molecule has 0 spiro atoms. The number of aromatic nitrogens is 4. The number of rotatable bonds is 3. The van der Waals surface area contributed by atoms with Gasteiger partial charge in [0.25, 0.3) is 5.56 Å². The van der Waals surface area contributed by atoms with Gasteiger partial charge >= 0.3 is 0 Å². The second-order valence-electron chi connectivity index (χ2n) is 7.19. The molecule has 3 aromatic rings. The molecule has 29 heavy (non-hydrogen) atoms. The van der Waals surface area contributed by atoms with E-state index < -0.39 is 15.6 Å². The Morgan fingerprint density at radius 1 is 1.14 bits per heavy atom. The van der Waals surface area contributed by atoms with Crippen molar-refractivity contribution in [2.45, 2.75) is 18.7 Å². The lowest BCUT2D eigenvalue weighted by Crippen LogP contribution is -2.47. The number of benzene rings is 1. The predicted octanol–water partition coefficient (Wildman–Crippen LogP) is 0.343. The van der Waals surface area contributed by atoms with E-state index in [1.807, 2.05) is 7.05 Å². The van der Waals surface area contributed by atoms with Gasteiger partial charge in [0.2, 0.25) is 10.0 Å². The fourth-order valence-corrected chi connectivity index (χ4v) is 4.95. The summed E-state index contributed by atoms with van der Waals surface area (Å²) in [6, 6.07) is 4.00. The lowest BCUT2D eigenvalue weighted by Gasteiger charge is -2.31. The summed E-state index contributed by atoms with van der Waals surface area (Å²) in [6.07, 6.45) is 0. The van der Waals surface area contributed by atoms with Crippen LogP contribution in [0.25, 0.3) is 16.9 Å². The zero-order chi connectivity index (χ0) is 20.9. The number of aromatic amines is 1. The van der Waals surface area contributed by atoms with Crippen LogP contribution >= 0.6 is 0 Å². The van der Waals surface area contributed by atoms with Gasteiger partial charge in [-0.2, -0.15) is 4.31 Å². The second kappa shape index (κ2) is 6.94. The lowest BCUT2D eigenvalue weighted by molar-refractivity contribution is 0.222. The van der Waals surface area contributed by atoms with Crippen LogP contribution in [0.5, 0.6) is 5.75 Å². The highest BCUT2D eigenvalue weighted by atomic mass is 32.2. The standard InChI is InChI=1S/C18H22N6O4S/c1-11-16-18(26)20-17(21-24(16)12(2)19-11)14-10-13(4-5-15(14)25)29(27,28)23-8-6-22(3)7-9-23/h4-5,10,25H,6-9H2,1-3H3,(H,20,21,26). The second-order valence-corrected chi connectivity index (χ2v) is 9.13. The van der Waals surface area contributed by atoms with E-state index in [9.17, 15) is 18.3 Å². The van der Waals surface area contributed by atoms with Crippen molar-refractivity contribution in [3.8, 4) is 17.1 Å². The Morgan fingerprint density at radius 3 is 2.52 bits per heavy atom. The molecule has 10 nitrogen and oxygen atoms in total. The van der Waals surface area contributed by atoms with Crippen molar-refractivity contribution in [2.24, 2.45) is 0 Å². The van der Waals surface area contributed by atoms with Gasteiger partial charge in [-0.25, -0.2) is 17.9 Å². The monoisotopic (exact) mass is 418 g/mol. The van der Waals surface area contributed by atoms with Gasteiger partial charge in [-0.05, 0) is 39.1 Å². The largest absolute Gasteiger partial charge is 0.507 e. The first kappa shape index (κ1) is 19.6. The van der Waals surface area contributed by atoms with E-state index in [4.69, 9.17) is 0 Å². The van der Waals surface area contributed by atoms with E-state index in [1.54, 1.807) is 13.8 Å². The number of aromatic hydroxyl groups is 1. The molecule has 0 amide bonds. The predicted molar refractivity (Wildman–Crippen MR) is 106 cm³/mol. The number of aryl methyl sites for hydroxylation is 2. The van der Waals surface area contributed by atoms with Gasteiger partial charge in [0, 0.05) is 26.2 Å². The number of fused-ring (bicyclic) bond motifs is 1. The number of phenols is 1. The molecule has 0 saturated carbocycles. The maximum Gasteiger partial charge on any atom is 0.277 e. The smallest absolute Gasteiger partial charge is 0.277 e. The average molecular weight is 418 g/mol. The van der Waals surface area contributed by atoms with Crippen molar-refractivity contribution in [3.63, 3.8) is 0 Å². The molecule has 2 N–H and O–H groups in total. The first-order valence-electron chi connectivity index (χ1n) is 9.17. The fourth-order valence-electron chi connectivity index (χ4n) is 3.50. The van der Waals surface area contributed by atoms with E-state index >= 15 is 0 Å². The first-order chi connectivity index (χ1) is 13.7. The Kier molecular flexibility index (Phi) is 4.68. The summed E-state index contributed by atoms with van der Waals surface area (Å²) < 4.78 is 28.9. The summed E-state index contributed by atoms with van der Waals surface area (Å²) in [7, 11) is -1.79. The highest BCUT2D eigenvalue weighted by molar-refractivity contribution is 7.89. The summed E-state index contributed by atoms with van der Waals surface area (Å²) in [5.74, 6) is 0.404. The third kappa shape index (κ3) is 3.30. The normalized spacial score (nSPS) is 16.5. The van der Waals surface area contributed by atoms with E-state index in [-0.39, 0.29) is 22.0 Å². The minimum absolute atomic E-state index is 0.0381. The van der Waals surface area contributed by atoms with Crippen LogP contribution in [0.15, 0.2) is 27.9 Å². The molecule has 0 radical (unpaired) electrons. The van der Waals surface area contributed by atoms with E-state index in [0.29, 0.717) is 43.2 Å². The average Bonchev–Trinajstić information content (AvgIpc) is 2.96. The van der Waals surface area contributed by atoms with Crippen molar-refractivity contribution < 1.29 is 13.5 Å². The number of hydrogen-bond acceptors (Lipinski definition) is 7. The number of likely N-dealkylation sites (N-methyl/N-ethyl adjacent to an activating group) is 1. The molecule has 0 atom stereocenters. The fraction of sp³-hybridized carbons (Fsp3) is 0.389. The van der Waals surface area contributed by atoms with Gasteiger partial charge in [-0.3, -0.25) is 4.79 Å². The zero-order valence-corrected chi connectivity index (χ0v) is 17.2. The van der Waals surface area contributed by atoms with Crippen LogP contribution in [-0.2, 0) is 10.0 Å². The van der Waals surface area contributed by atoms with Gasteiger partial charge in [0.1, 0.15) is 11.6 Å². The highest BCUT2D eigenvalue weighted by Crippen LogP contribution is 2.30. The topological polar surface area (TPSA) is 124 Å². The minimum Gasteiger partial charge on any atom is -0.507 e. The minimum atomic E-state index is -3.73. The van der Waals surface area contributed by atoms with Crippen molar-refractivity contribution in [2.75, 3.05) is 33.2 Å². The molecule has 1 saturated heterocycles. The molecule has 4 rings (SSSR count). The molecule has 0 aliphatic carbocycles. The summed E-state index contributed by atoms with van der Waals surface area (Å²) in [6.45, 7) is 5.50. The number of imidazole rings is 1. The van der Waals surface area contributed by atoms with Crippen molar-refractivity contribution in [1.29, 1.82) is 0 Å². The molecule has 1 aliphatic rings. The van der Waals surface area contributed by atoms with E-state index in [1.165, 1.54) is 27.0 Å². The van der Waals surface area contributed by atoms with Crippen LogP contribution in [0.3, 0.4) is 0 Å². The maximum atomic E-state index is 13.0. The molecule has 1 aromatic carbocycles. The Bertz CT molecular complexity index is 1260. The SMILES string of the molecule is Cc1nc(C)n2nc(-c3cc(S(=O)(=O)N4CCN(C)CC4)ccc3O)[nH]c(=O)c12. The van der Waals surface area contributed by atoms with E-state index in [2.05, 4.69) is 20.0 Å². The van der Waals surface area contributed by atoms with Crippen LogP contribution in [-0.4, -0.2) is 75.5 Å². The highest BCUT2D eigenvalue weighted by Gasteiger charge is 2.28. The Morgan fingerprint density at radius 2 is 1.83 bits per heavy atom. The summed E-state index contributed by atoms with van der Waals surface area (Å²) in [4.78, 5) is 21.5. The molecule has 2 aromatic heterocycles. The van der Waals surface area contributed by atoms with Crippen molar-refractivity contribution in [3.05, 3.63) is 40.1 Å². The van der Waals surface area contributed by atoms with Crippen molar-refractivity contribution in [1.82, 2.24) is 28.8 Å². The molecule has 3 heterocycles. The van der Waals surface area contributed by atoms with Gasteiger partial charge < -0.3 is 15.0 Å². The quantitative estimate of drug-likeness (QED) is 0.629. The van der Waals surface area contributed by atoms with Gasteiger partial charge in [-0.1, -0.05) is 0 Å². The van der Waals surface area contributed by atoms with Crippen LogP contribution in [0, 0.1) is 13.8 Å². The molecule has 0 bridgehead atoms. The summed E-state index contributed by atoms with van der Waals surface area (Å²) >= 11 is 0. The molecular formula is C18H22N6O4S. The van der Waals surface area contributed by atoms with Crippen LogP contribution in [0.4, 0.5) is 0 Å². The third-order valence-corrected chi connectivity index (χ3v) is 7.06.